The number of ether oxygens (including phenoxy) is 1. The van der Waals surface area contributed by atoms with Crippen molar-refractivity contribution in [1.82, 2.24) is 0 Å². The number of carbonyl (C=O) groups excluding carboxylic acids is 1. The number of ketones is 1. The molecule has 0 atom stereocenters. The average molecular weight is 282 g/mol. The van der Waals surface area contributed by atoms with Crippen LogP contribution >= 0.6 is 0 Å². The van der Waals surface area contributed by atoms with Crippen molar-refractivity contribution < 1.29 is 9.53 Å². The third kappa shape index (κ3) is 2.85. The fourth-order valence-corrected chi connectivity index (χ4v) is 2.93. The van der Waals surface area contributed by atoms with Crippen LogP contribution in [0.5, 0.6) is 5.75 Å². The van der Waals surface area contributed by atoms with Gasteiger partial charge in [0.15, 0.2) is 5.78 Å². The Hall–Kier alpha value is -2.09. The summed E-state index contributed by atoms with van der Waals surface area (Å²) in [5.41, 5.74) is 6.74. The second-order valence-corrected chi connectivity index (χ2v) is 5.74. The molecule has 0 unspecified atom stereocenters. The van der Waals surface area contributed by atoms with Gasteiger partial charge < -0.3 is 4.74 Å². The van der Waals surface area contributed by atoms with E-state index in [4.69, 9.17) is 4.74 Å². The molecule has 0 aromatic heterocycles. The van der Waals surface area contributed by atoms with Gasteiger partial charge in [0, 0.05) is 11.1 Å². The molecular weight excluding hydrogens is 260 g/mol. The zero-order valence-corrected chi connectivity index (χ0v) is 13.6. The van der Waals surface area contributed by atoms with Gasteiger partial charge in [0.1, 0.15) is 5.75 Å². The van der Waals surface area contributed by atoms with Crippen molar-refractivity contribution in [2.45, 2.75) is 34.6 Å². The van der Waals surface area contributed by atoms with E-state index in [1.54, 1.807) is 7.11 Å². The van der Waals surface area contributed by atoms with E-state index >= 15 is 0 Å². The molecule has 2 rings (SSSR count). The Morgan fingerprint density at radius 2 is 1.38 bits per heavy atom. The van der Waals surface area contributed by atoms with Crippen LogP contribution in [-0.4, -0.2) is 12.9 Å². The predicted octanol–water partition coefficient (Wildman–Crippen LogP) is 4.47. The van der Waals surface area contributed by atoms with Crippen molar-refractivity contribution in [2.75, 3.05) is 7.11 Å². The summed E-state index contributed by atoms with van der Waals surface area (Å²) in [6.45, 7) is 9.97. The maximum atomic E-state index is 12.9. The zero-order valence-electron chi connectivity index (χ0n) is 13.6. The van der Waals surface area contributed by atoms with Gasteiger partial charge in [0.05, 0.1) is 7.11 Å². The Morgan fingerprint density at radius 3 is 1.90 bits per heavy atom. The van der Waals surface area contributed by atoms with Crippen molar-refractivity contribution in [1.29, 1.82) is 0 Å². The van der Waals surface area contributed by atoms with Gasteiger partial charge in [-0.15, -0.1) is 0 Å². The minimum absolute atomic E-state index is 0.0910. The number of hydrogen-bond donors (Lipinski definition) is 0. The molecule has 0 spiro atoms. The highest BCUT2D eigenvalue weighted by Gasteiger charge is 2.18. The summed E-state index contributed by atoms with van der Waals surface area (Å²) in [5.74, 6) is 0.912. The first kappa shape index (κ1) is 15.3. The van der Waals surface area contributed by atoms with Crippen LogP contribution in [-0.2, 0) is 0 Å². The van der Waals surface area contributed by atoms with Crippen LogP contribution in [0.25, 0.3) is 0 Å². The molecule has 0 bridgehead atoms. The molecule has 0 N–H and O–H groups in total. The smallest absolute Gasteiger partial charge is 0.193 e. The van der Waals surface area contributed by atoms with Crippen LogP contribution in [0.15, 0.2) is 24.3 Å². The van der Waals surface area contributed by atoms with Crippen LogP contribution in [0.4, 0.5) is 0 Å². The molecule has 0 saturated carbocycles. The van der Waals surface area contributed by atoms with E-state index in [1.807, 2.05) is 39.8 Å². The third-order valence-electron chi connectivity index (χ3n) is 3.89. The molecular formula is C19H22O2. The number of hydrogen-bond acceptors (Lipinski definition) is 2. The van der Waals surface area contributed by atoms with Crippen molar-refractivity contribution in [3.63, 3.8) is 0 Å². The van der Waals surface area contributed by atoms with Crippen LogP contribution in [0.1, 0.15) is 43.7 Å². The number of rotatable bonds is 3. The number of aryl methyl sites for hydroxylation is 5. The van der Waals surface area contributed by atoms with Gasteiger partial charge in [-0.3, -0.25) is 4.79 Å². The molecule has 2 aromatic carbocycles. The van der Waals surface area contributed by atoms with Crippen LogP contribution in [0.3, 0.4) is 0 Å². The Kier molecular flexibility index (Phi) is 4.17. The SMILES string of the molecule is COc1cc(C)c(C(=O)c2c(C)cc(C)cc2C)cc1C. The van der Waals surface area contributed by atoms with E-state index < -0.39 is 0 Å². The predicted molar refractivity (Wildman–Crippen MR) is 86.6 cm³/mol. The normalized spacial score (nSPS) is 10.6. The van der Waals surface area contributed by atoms with Crippen molar-refractivity contribution in [3.8, 4) is 5.75 Å². The Morgan fingerprint density at radius 1 is 0.810 bits per heavy atom. The molecule has 2 heteroatoms. The zero-order chi connectivity index (χ0) is 15.7. The first-order chi connectivity index (χ1) is 9.85. The molecule has 21 heavy (non-hydrogen) atoms. The summed E-state index contributed by atoms with van der Waals surface area (Å²) < 4.78 is 5.32. The number of methoxy groups -OCH3 is 1. The molecule has 2 nitrogen and oxygen atoms in total. The summed E-state index contributed by atoms with van der Waals surface area (Å²) in [6.07, 6.45) is 0. The van der Waals surface area contributed by atoms with E-state index in [2.05, 4.69) is 19.1 Å². The van der Waals surface area contributed by atoms with Gasteiger partial charge in [-0.1, -0.05) is 17.7 Å². The van der Waals surface area contributed by atoms with E-state index in [9.17, 15) is 4.79 Å². The van der Waals surface area contributed by atoms with Gasteiger partial charge in [-0.05, 0) is 69.0 Å². The second-order valence-electron chi connectivity index (χ2n) is 5.74. The Balaban J connectivity index is 2.58. The highest BCUT2D eigenvalue weighted by atomic mass is 16.5. The van der Waals surface area contributed by atoms with Gasteiger partial charge in [-0.25, -0.2) is 0 Å². The van der Waals surface area contributed by atoms with Gasteiger partial charge in [0.25, 0.3) is 0 Å². The molecule has 0 fully saturated rings. The maximum absolute atomic E-state index is 12.9. The van der Waals surface area contributed by atoms with Crippen molar-refractivity contribution in [2.24, 2.45) is 0 Å². The van der Waals surface area contributed by atoms with E-state index in [-0.39, 0.29) is 5.78 Å². The molecule has 0 aliphatic carbocycles. The number of benzene rings is 2. The quantitative estimate of drug-likeness (QED) is 0.776. The lowest BCUT2D eigenvalue weighted by molar-refractivity contribution is 0.103. The highest BCUT2D eigenvalue weighted by molar-refractivity contribution is 6.11. The fourth-order valence-electron chi connectivity index (χ4n) is 2.93. The second kappa shape index (κ2) is 5.72. The minimum atomic E-state index is 0.0910. The molecule has 0 aliphatic heterocycles. The van der Waals surface area contributed by atoms with E-state index in [0.717, 1.165) is 39.1 Å². The summed E-state index contributed by atoms with van der Waals surface area (Å²) in [4.78, 5) is 12.9. The Labute approximate surface area is 126 Å². The van der Waals surface area contributed by atoms with Crippen LogP contribution in [0.2, 0.25) is 0 Å². The summed E-state index contributed by atoms with van der Waals surface area (Å²) >= 11 is 0. The van der Waals surface area contributed by atoms with Crippen molar-refractivity contribution in [3.05, 3.63) is 63.2 Å². The summed E-state index contributed by atoms with van der Waals surface area (Å²) in [7, 11) is 1.65. The minimum Gasteiger partial charge on any atom is -0.496 e. The third-order valence-corrected chi connectivity index (χ3v) is 3.89. The number of carbonyl (C=O) groups is 1. The molecule has 0 radical (unpaired) electrons. The highest BCUT2D eigenvalue weighted by Crippen LogP contribution is 2.26. The molecule has 0 saturated heterocycles. The largest absolute Gasteiger partial charge is 0.496 e. The lowest BCUT2D eigenvalue weighted by Crippen LogP contribution is -2.09. The van der Waals surface area contributed by atoms with Crippen LogP contribution in [0, 0.1) is 34.6 Å². The Bertz CT molecular complexity index is 689. The lowest BCUT2D eigenvalue weighted by atomic mass is 9.90. The first-order valence-corrected chi connectivity index (χ1v) is 7.13. The molecule has 0 heterocycles. The lowest BCUT2D eigenvalue weighted by Gasteiger charge is -2.14. The van der Waals surface area contributed by atoms with Crippen LogP contribution < -0.4 is 4.74 Å². The maximum Gasteiger partial charge on any atom is 0.193 e. The molecule has 0 aliphatic rings. The van der Waals surface area contributed by atoms with Gasteiger partial charge in [-0.2, -0.15) is 0 Å². The average Bonchev–Trinajstić information content (AvgIpc) is 2.39. The monoisotopic (exact) mass is 282 g/mol. The topological polar surface area (TPSA) is 26.3 Å². The summed E-state index contributed by atoms with van der Waals surface area (Å²) in [6, 6.07) is 7.98. The van der Waals surface area contributed by atoms with Crippen molar-refractivity contribution >= 4 is 5.78 Å². The molecule has 0 amide bonds. The first-order valence-electron chi connectivity index (χ1n) is 7.13. The van der Waals surface area contributed by atoms with E-state index in [0.29, 0.717) is 0 Å². The molecule has 110 valence electrons. The van der Waals surface area contributed by atoms with E-state index in [1.165, 1.54) is 5.56 Å². The fraction of sp³-hybridized carbons (Fsp3) is 0.316. The molecule has 2 aromatic rings. The van der Waals surface area contributed by atoms with Gasteiger partial charge >= 0.3 is 0 Å². The standard InChI is InChI=1S/C19H22O2/c1-11-7-14(4)18(15(5)8-11)19(20)16-9-13(3)17(21-6)10-12(16)2/h7-10H,1-6H3. The van der Waals surface area contributed by atoms with Gasteiger partial charge in [0.2, 0.25) is 0 Å². The summed E-state index contributed by atoms with van der Waals surface area (Å²) in [5, 5.41) is 0.